The summed E-state index contributed by atoms with van der Waals surface area (Å²) in [5.74, 6) is -0.181. The van der Waals surface area contributed by atoms with Gasteiger partial charge in [-0.25, -0.2) is 0 Å². The highest BCUT2D eigenvalue weighted by molar-refractivity contribution is 7.17. The quantitative estimate of drug-likeness (QED) is 0.411. The Morgan fingerprint density at radius 1 is 0.800 bits per heavy atom. The van der Waals surface area contributed by atoms with Crippen LogP contribution in [0.25, 0.3) is 0 Å². The van der Waals surface area contributed by atoms with Gasteiger partial charge in [0.2, 0.25) is 0 Å². The van der Waals surface area contributed by atoms with Crippen LogP contribution in [0.4, 0.5) is 0 Å². The molecule has 2 heteroatoms. The van der Waals surface area contributed by atoms with Crippen LogP contribution in [0, 0.1) is 0 Å². The molecule has 0 aromatic carbocycles. The van der Waals surface area contributed by atoms with E-state index in [4.69, 9.17) is 5.11 Å². The van der Waals surface area contributed by atoms with Crippen molar-refractivity contribution >= 4 is 9.24 Å². The highest BCUT2D eigenvalue weighted by Gasteiger charge is 1.95. The molecule has 0 aromatic rings. The Balaban J connectivity index is 2.87. The molecule has 0 heterocycles. The van der Waals surface area contributed by atoms with Crippen molar-refractivity contribution in [2.45, 2.75) is 83.4 Å². The predicted molar refractivity (Wildman–Crippen MR) is 72.2 cm³/mol. The van der Waals surface area contributed by atoms with Gasteiger partial charge in [0.15, 0.2) is 0 Å². The minimum Gasteiger partial charge on any atom is -0.389 e. The Hall–Kier alpha value is 0.390. The van der Waals surface area contributed by atoms with Gasteiger partial charge in [-0.15, -0.1) is 9.24 Å². The van der Waals surface area contributed by atoms with Crippen molar-refractivity contribution in [1.29, 1.82) is 0 Å². The molecule has 0 rings (SSSR count). The molecule has 0 aliphatic carbocycles. The summed E-state index contributed by atoms with van der Waals surface area (Å²) in [7, 11) is 2.45. The fraction of sp³-hybridized carbons (Fsp3) is 1.00. The molecule has 0 spiro atoms. The molecule has 1 nitrogen and oxygen atoms in total. The third-order valence-electron chi connectivity index (χ3n) is 2.85. The summed E-state index contributed by atoms with van der Waals surface area (Å²) in [6, 6.07) is 0. The lowest BCUT2D eigenvalue weighted by molar-refractivity contribution is 0.246. The van der Waals surface area contributed by atoms with E-state index < -0.39 is 0 Å². The lowest BCUT2D eigenvalue weighted by Crippen LogP contribution is -1.93. The van der Waals surface area contributed by atoms with Crippen LogP contribution in [0.5, 0.6) is 0 Å². The first-order valence-corrected chi connectivity index (χ1v) is 7.37. The van der Waals surface area contributed by atoms with Crippen molar-refractivity contribution in [3.63, 3.8) is 0 Å². The highest BCUT2D eigenvalue weighted by atomic mass is 31.0. The summed E-state index contributed by atoms with van der Waals surface area (Å²) < 4.78 is 0. The van der Waals surface area contributed by atoms with E-state index in [9.17, 15) is 0 Å². The Kier molecular flexibility index (Phi) is 12.8. The number of unbranched alkanes of at least 4 members (excludes halogenated alkanes) is 9. The molecule has 0 aliphatic heterocycles. The molecule has 0 saturated heterocycles. The lowest BCUT2D eigenvalue weighted by Gasteiger charge is -2.04. The second-order valence-electron chi connectivity index (χ2n) is 4.54. The van der Waals surface area contributed by atoms with E-state index in [-0.39, 0.29) is 5.85 Å². The van der Waals surface area contributed by atoms with E-state index in [1.807, 2.05) is 0 Å². The van der Waals surface area contributed by atoms with Crippen LogP contribution >= 0.6 is 9.24 Å². The Bertz CT molecular complexity index is 115. The Morgan fingerprint density at radius 3 is 1.60 bits per heavy atom. The van der Waals surface area contributed by atoms with Gasteiger partial charge in [0.1, 0.15) is 0 Å². The van der Waals surface area contributed by atoms with Gasteiger partial charge < -0.3 is 5.11 Å². The fourth-order valence-corrected chi connectivity index (χ4v) is 2.08. The molecule has 0 saturated carbocycles. The van der Waals surface area contributed by atoms with E-state index in [0.717, 1.165) is 6.42 Å². The van der Waals surface area contributed by atoms with Crippen LogP contribution in [-0.4, -0.2) is 11.0 Å². The molecule has 2 atom stereocenters. The van der Waals surface area contributed by atoms with Crippen molar-refractivity contribution < 1.29 is 5.11 Å². The summed E-state index contributed by atoms with van der Waals surface area (Å²) in [5, 5.41) is 9.04. The van der Waals surface area contributed by atoms with Gasteiger partial charge in [-0.2, -0.15) is 0 Å². The van der Waals surface area contributed by atoms with E-state index in [1.165, 1.54) is 64.2 Å². The molecule has 2 unspecified atom stereocenters. The molecule has 15 heavy (non-hydrogen) atoms. The molecule has 1 N–H and O–H groups in total. The van der Waals surface area contributed by atoms with Crippen molar-refractivity contribution in [2.24, 2.45) is 0 Å². The van der Waals surface area contributed by atoms with Gasteiger partial charge in [0.25, 0.3) is 0 Å². The number of rotatable bonds is 11. The first kappa shape index (κ1) is 15.4. The van der Waals surface area contributed by atoms with E-state index in [2.05, 4.69) is 16.2 Å². The normalized spacial score (nSPS) is 13.0. The van der Waals surface area contributed by atoms with E-state index in [0.29, 0.717) is 0 Å². The van der Waals surface area contributed by atoms with Gasteiger partial charge in [-0.05, 0) is 6.42 Å². The van der Waals surface area contributed by atoms with Crippen molar-refractivity contribution in [2.75, 3.05) is 0 Å². The van der Waals surface area contributed by atoms with Crippen LogP contribution in [-0.2, 0) is 0 Å². The molecule has 92 valence electrons. The second kappa shape index (κ2) is 12.5. The van der Waals surface area contributed by atoms with Crippen LogP contribution in [0.3, 0.4) is 0 Å². The predicted octanol–water partition coefficient (Wildman–Crippen LogP) is 4.49. The third-order valence-corrected chi connectivity index (χ3v) is 3.19. The van der Waals surface area contributed by atoms with Crippen LogP contribution < -0.4 is 0 Å². The SMILES string of the molecule is CCCCCCCCCCCCC(O)P. The molecule has 0 radical (unpaired) electrons. The molecular formula is C13H29OP. The van der Waals surface area contributed by atoms with Crippen LogP contribution in [0.1, 0.15) is 77.6 Å². The average molecular weight is 232 g/mol. The largest absolute Gasteiger partial charge is 0.389 e. The Morgan fingerprint density at radius 2 is 1.20 bits per heavy atom. The summed E-state index contributed by atoms with van der Waals surface area (Å²) in [5.41, 5.74) is 0. The van der Waals surface area contributed by atoms with Gasteiger partial charge >= 0.3 is 0 Å². The molecule has 0 amide bonds. The van der Waals surface area contributed by atoms with E-state index in [1.54, 1.807) is 0 Å². The van der Waals surface area contributed by atoms with Gasteiger partial charge in [0.05, 0.1) is 5.85 Å². The third kappa shape index (κ3) is 14.4. The minimum atomic E-state index is -0.181. The topological polar surface area (TPSA) is 20.2 Å². The molecular weight excluding hydrogens is 203 g/mol. The summed E-state index contributed by atoms with van der Waals surface area (Å²) in [6.45, 7) is 2.26. The maximum absolute atomic E-state index is 9.04. The first-order chi connectivity index (χ1) is 7.27. The van der Waals surface area contributed by atoms with Crippen molar-refractivity contribution in [3.05, 3.63) is 0 Å². The first-order valence-electron chi connectivity index (χ1n) is 6.71. The molecule has 0 aliphatic rings. The van der Waals surface area contributed by atoms with Gasteiger partial charge in [-0.1, -0.05) is 71.1 Å². The second-order valence-corrected chi connectivity index (χ2v) is 5.31. The van der Waals surface area contributed by atoms with Crippen molar-refractivity contribution in [3.8, 4) is 0 Å². The highest BCUT2D eigenvalue weighted by Crippen LogP contribution is 2.13. The maximum atomic E-state index is 9.04. The minimum absolute atomic E-state index is 0.181. The maximum Gasteiger partial charge on any atom is 0.0673 e. The van der Waals surface area contributed by atoms with Gasteiger partial charge in [0, 0.05) is 0 Å². The molecule has 0 fully saturated rings. The summed E-state index contributed by atoms with van der Waals surface area (Å²) >= 11 is 0. The number of hydrogen-bond acceptors (Lipinski definition) is 1. The smallest absolute Gasteiger partial charge is 0.0673 e. The molecule has 0 bridgehead atoms. The standard InChI is InChI=1S/C13H29OP/c1-2-3-4-5-6-7-8-9-10-11-12-13(14)15/h13-14H,2-12,15H2,1H3. The average Bonchev–Trinajstić information content (AvgIpc) is 2.20. The van der Waals surface area contributed by atoms with Crippen LogP contribution in [0.2, 0.25) is 0 Å². The summed E-state index contributed by atoms with van der Waals surface area (Å²) in [6.07, 6.45) is 14.6. The summed E-state index contributed by atoms with van der Waals surface area (Å²) in [4.78, 5) is 0. The zero-order valence-electron chi connectivity index (χ0n) is 10.4. The number of aliphatic hydroxyl groups excluding tert-OH is 1. The van der Waals surface area contributed by atoms with E-state index >= 15 is 0 Å². The van der Waals surface area contributed by atoms with Crippen LogP contribution in [0.15, 0.2) is 0 Å². The zero-order chi connectivity index (χ0) is 11.4. The molecule has 0 aromatic heterocycles. The zero-order valence-corrected chi connectivity index (χ0v) is 11.5. The van der Waals surface area contributed by atoms with Crippen molar-refractivity contribution in [1.82, 2.24) is 0 Å². The Labute approximate surface area is 98.2 Å². The monoisotopic (exact) mass is 232 g/mol. The fourth-order valence-electron chi connectivity index (χ4n) is 1.84. The number of aliphatic hydroxyl groups is 1. The lowest BCUT2D eigenvalue weighted by atomic mass is 10.1. The number of hydrogen-bond donors (Lipinski definition) is 1. The van der Waals surface area contributed by atoms with Gasteiger partial charge in [-0.3, -0.25) is 0 Å².